The molecule has 0 fully saturated rings. The number of benzene rings is 4. The Hall–Kier alpha value is -3.48. The second kappa shape index (κ2) is 14.3. The molecule has 0 spiro atoms. The van der Waals surface area contributed by atoms with Crippen molar-refractivity contribution in [2.75, 3.05) is 0 Å². The van der Waals surface area contributed by atoms with Crippen molar-refractivity contribution in [1.29, 1.82) is 0 Å². The number of hydrogen-bond donors (Lipinski definition) is 0. The van der Waals surface area contributed by atoms with Crippen molar-refractivity contribution in [3.05, 3.63) is 150 Å². The summed E-state index contributed by atoms with van der Waals surface area (Å²) in [7, 11) is 0. The summed E-state index contributed by atoms with van der Waals surface area (Å²) in [6.07, 6.45) is 2.02. The van der Waals surface area contributed by atoms with Crippen molar-refractivity contribution in [2.45, 2.75) is 30.6 Å². The fourth-order valence-electron chi connectivity index (χ4n) is 4.97. The van der Waals surface area contributed by atoms with Gasteiger partial charge >= 0.3 is 99.8 Å². The van der Waals surface area contributed by atoms with Crippen molar-refractivity contribution in [1.82, 2.24) is 9.97 Å². The van der Waals surface area contributed by atoms with Crippen molar-refractivity contribution >= 4 is 49.2 Å². The number of aryl methyl sites for hydroxylation is 1. The standard InChI is InChI=1S/C25H17FNS.C14H16GeN.Ir/c1-16-5-2-3-6-18(16)13-17-11-12-27-23(14-17)22-8-4-7-21-20-10-9-19(26)15-24(20)28-25(21)22;1-15(2,3)13-9-10-14(16-11-13)12-7-5-4-6-8-12;/h2-7,9-12,14-15H,13H2,1H3;4-7,9-11H,1-3H3;/q2*-1;/i13D2;;. The average Bonchev–Trinajstić information content (AvgIpc) is 3.43. The molecule has 1 radical (unpaired) electrons. The van der Waals surface area contributed by atoms with Gasteiger partial charge in [0.25, 0.3) is 0 Å². The maximum Gasteiger partial charge on any atom is 0 e. The predicted octanol–water partition coefficient (Wildman–Crippen LogP) is 10.0. The minimum atomic E-state index is -1.72. The van der Waals surface area contributed by atoms with Gasteiger partial charge in [0.15, 0.2) is 0 Å². The molecule has 0 atom stereocenters. The Morgan fingerprint density at radius 1 is 0.822 bits per heavy atom. The Kier molecular flexibility index (Phi) is 9.60. The molecule has 6 heteroatoms. The maximum absolute atomic E-state index is 13.7. The molecule has 0 amide bonds. The van der Waals surface area contributed by atoms with E-state index in [9.17, 15) is 4.39 Å². The SMILES string of the molecule is [2H]C([2H])(c1ccnc(-c2[c-]ccc3c2sc2cc(F)ccc23)c1)c1ccccc1C.[CH3][Ge]([CH3])([CH3])[c]1ccc(-c2[c-]cccc2)nc1.[Ir]. The Balaban J connectivity index is 0.000000217. The van der Waals surface area contributed by atoms with Gasteiger partial charge in [-0.15, -0.1) is 23.8 Å². The summed E-state index contributed by atoms with van der Waals surface area (Å²) in [5.41, 5.74) is 5.62. The minimum absolute atomic E-state index is 0. The number of nitrogens with zero attached hydrogens (tertiary/aromatic N) is 2. The fraction of sp³-hybridized carbons (Fsp3) is 0.128. The van der Waals surface area contributed by atoms with Crippen molar-refractivity contribution in [2.24, 2.45) is 0 Å². The number of halogens is 1. The van der Waals surface area contributed by atoms with Crippen molar-refractivity contribution in [3.63, 3.8) is 0 Å². The van der Waals surface area contributed by atoms with Crippen LogP contribution in [0.15, 0.2) is 116 Å². The van der Waals surface area contributed by atoms with Crippen LogP contribution in [0.5, 0.6) is 0 Å². The van der Waals surface area contributed by atoms with Gasteiger partial charge in [-0.3, -0.25) is 0 Å². The van der Waals surface area contributed by atoms with Crippen LogP contribution in [-0.4, -0.2) is 23.2 Å². The van der Waals surface area contributed by atoms with E-state index in [-0.39, 0.29) is 25.9 Å². The molecule has 0 unspecified atom stereocenters. The van der Waals surface area contributed by atoms with Gasteiger partial charge in [-0.25, -0.2) is 4.39 Å². The van der Waals surface area contributed by atoms with Gasteiger partial charge in [0, 0.05) is 33.7 Å². The second-order valence-corrected chi connectivity index (χ2v) is 23.4. The largest absolute Gasteiger partial charge is 0 e. The first-order valence-electron chi connectivity index (χ1n) is 15.5. The summed E-state index contributed by atoms with van der Waals surface area (Å²) in [5, 5.41) is 2.02. The van der Waals surface area contributed by atoms with Crippen LogP contribution in [0.3, 0.4) is 0 Å². The van der Waals surface area contributed by atoms with Gasteiger partial charge in [-0.05, 0) is 64.0 Å². The van der Waals surface area contributed by atoms with Crippen molar-refractivity contribution in [3.8, 4) is 22.5 Å². The van der Waals surface area contributed by atoms with E-state index in [0.29, 0.717) is 16.8 Å². The maximum atomic E-state index is 13.7. The van der Waals surface area contributed by atoms with E-state index in [1.54, 1.807) is 30.5 Å². The van der Waals surface area contributed by atoms with E-state index in [1.807, 2.05) is 73.8 Å². The van der Waals surface area contributed by atoms with E-state index in [1.165, 1.54) is 21.8 Å². The molecule has 3 heterocycles. The topological polar surface area (TPSA) is 25.8 Å². The van der Waals surface area contributed by atoms with Gasteiger partial charge in [0.1, 0.15) is 5.82 Å². The molecule has 0 aliphatic heterocycles. The molecule has 0 aliphatic rings. The predicted molar refractivity (Wildman–Crippen MR) is 187 cm³/mol. The van der Waals surface area contributed by atoms with Crippen LogP contribution in [0.4, 0.5) is 4.39 Å². The molecule has 7 aromatic rings. The molecule has 0 bridgehead atoms. The van der Waals surface area contributed by atoms with Gasteiger partial charge in [-0.2, -0.15) is 11.3 Å². The van der Waals surface area contributed by atoms with E-state index in [4.69, 9.17) is 2.74 Å². The molecule has 2 nitrogen and oxygen atoms in total. The molecule has 3 aromatic heterocycles. The van der Waals surface area contributed by atoms with Crippen LogP contribution in [0, 0.1) is 24.9 Å². The Labute approximate surface area is 287 Å². The van der Waals surface area contributed by atoms with E-state index >= 15 is 0 Å². The summed E-state index contributed by atoms with van der Waals surface area (Å²) in [6, 6.07) is 38.4. The smallest absolute Gasteiger partial charge is 0 e. The first kappa shape index (κ1) is 30.2. The molecule has 227 valence electrons. The third-order valence-corrected chi connectivity index (χ3v) is 12.9. The zero-order chi connectivity index (χ0) is 32.5. The zero-order valence-corrected chi connectivity index (χ0v) is 30.8. The second-order valence-electron chi connectivity index (χ2n) is 11.7. The third-order valence-electron chi connectivity index (χ3n) is 7.45. The van der Waals surface area contributed by atoms with Crippen LogP contribution in [-0.2, 0) is 26.5 Å². The monoisotopic (exact) mass is 849 g/mol. The minimum Gasteiger partial charge on any atom is 0 e. The van der Waals surface area contributed by atoms with Crippen molar-refractivity contribution < 1.29 is 27.2 Å². The summed E-state index contributed by atoms with van der Waals surface area (Å²) < 4.78 is 34.5. The zero-order valence-electron chi connectivity index (χ0n) is 27.5. The molecule has 0 saturated carbocycles. The molecular formula is C39H33FGeIrN2S-2. The Bertz CT molecular complexity index is 2150. The van der Waals surface area contributed by atoms with Crippen LogP contribution in [0.1, 0.15) is 19.4 Å². The summed E-state index contributed by atoms with van der Waals surface area (Å²) in [6.45, 7) is 1.92. The number of pyridine rings is 2. The normalized spacial score (nSPS) is 12.1. The molecule has 0 N–H and O–H groups in total. The molecule has 0 aliphatic carbocycles. The summed E-state index contributed by atoms with van der Waals surface area (Å²) in [5.74, 6) is 6.88. The first-order chi connectivity index (χ1) is 22.0. The number of thiophene rings is 1. The van der Waals surface area contributed by atoms with Gasteiger partial charge in [0.2, 0.25) is 0 Å². The number of hydrogen-bond acceptors (Lipinski definition) is 3. The third kappa shape index (κ3) is 7.67. The fourth-order valence-corrected chi connectivity index (χ4v) is 8.37. The van der Waals surface area contributed by atoms with Gasteiger partial charge < -0.3 is 4.98 Å². The van der Waals surface area contributed by atoms with E-state index in [2.05, 4.69) is 51.5 Å². The molecule has 0 saturated heterocycles. The number of aromatic nitrogens is 2. The van der Waals surface area contributed by atoms with Crippen LogP contribution in [0.25, 0.3) is 42.7 Å². The van der Waals surface area contributed by atoms with Crippen LogP contribution >= 0.6 is 11.3 Å². The number of rotatable bonds is 5. The first-order valence-corrected chi connectivity index (χ1v) is 22.7. The Morgan fingerprint density at radius 2 is 1.64 bits per heavy atom. The van der Waals surface area contributed by atoms with Gasteiger partial charge in [0.05, 0.1) is 0 Å². The van der Waals surface area contributed by atoms with E-state index < -0.39 is 19.6 Å². The van der Waals surface area contributed by atoms with E-state index in [0.717, 1.165) is 42.6 Å². The average molecular weight is 848 g/mol. The molecule has 7 rings (SSSR count). The summed E-state index contributed by atoms with van der Waals surface area (Å²) in [4.78, 5) is 9.04. The summed E-state index contributed by atoms with van der Waals surface area (Å²) >= 11 is -0.211. The van der Waals surface area contributed by atoms with Crippen LogP contribution in [0.2, 0.25) is 17.3 Å². The van der Waals surface area contributed by atoms with Crippen LogP contribution < -0.4 is 4.40 Å². The Morgan fingerprint density at radius 3 is 2.38 bits per heavy atom. The molecule has 4 aromatic carbocycles. The van der Waals surface area contributed by atoms with Gasteiger partial charge in [-0.1, -0.05) is 41.8 Å². The quantitative estimate of drug-likeness (QED) is 0.127. The number of fused-ring (bicyclic) bond motifs is 3. The molecule has 45 heavy (non-hydrogen) atoms. The molecular weight excluding hydrogens is 812 g/mol.